The van der Waals surface area contributed by atoms with E-state index in [9.17, 15) is 0 Å². The van der Waals surface area contributed by atoms with Crippen LogP contribution in [0.5, 0.6) is 0 Å². The summed E-state index contributed by atoms with van der Waals surface area (Å²) in [5.74, 6) is 1.05. The molecule has 0 N–H and O–H groups in total. The lowest BCUT2D eigenvalue weighted by molar-refractivity contribution is 0.969. The van der Waals surface area contributed by atoms with Crippen LogP contribution in [0.15, 0.2) is 30.5 Å². The summed E-state index contributed by atoms with van der Waals surface area (Å²) in [6, 6.07) is 7.82. The molecular weight excluding hydrogens is 408 g/mol. The second-order valence-electron chi connectivity index (χ2n) is 4.39. The average Bonchev–Trinajstić information content (AvgIpc) is 2.79. The van der Waals surface area contributed by atoms with Crippen molar-refractivity contribution in [1.82, 2.24) is 14.5 Å². The minimum atomic E-state index is 0.304. The summed E-state index contributed by atoms with van der Waals surface area (Å²) in [5, 5.41) is 0.658. The average molecular weight is 418 g/mol. The van der Waals surface area contributed by atoms with Gasteiger partial charge in [0, 0.05) is 9.77 Å². The molecule has 0 aliphatic heterocycles. The Balaban J connectivity index is 2.37. The van der Waals surface area contributed by atoms with Crippen LogP contribution in [0, 0.1) is 10.5 Å². The van der Waals surface area contributed by atoms with Crippen LogP contribution in [0.3, 0.4) is 0 Å². The number of hydrogen-bond acceptors (Lipinski definition) is 2. The molecule has 3 rings (SSSR count). The van der Waals surface area contributed by atoms with E-state index in [0.29, 0.717) is 10.9 Å². The molecule has 0 aliphatic rings. The SMILES string of the molecule is Cc1ccnc2c1nc(CCl)n2-c1ccc(I)cc1Cl. The van der Waals surface area contributed by atoms with Gasteiger partial charge in [-0.05, 0) is 59.3 Å². The van der Waals surface area contributed by atoms with E-state index in [2.05, 4.69) is 32.6 Å². The van der Waals surface area contributed by atoms with Crippen molar-refractivity contribution in [3.63, 3.8) is 0 Å². The number of hydrogen-bond donors (Lipinski definition) is 0. The number of imidazole rings is 1. The molecule has 0 bridgehead atoms. The number of pyridine rings is 1. The van der Waals surface area contributed by atoms with Gasteiger partial charge < -0.3 is 0 Å². The molecule has 102 valence electrons. The number of aryl methyl sites for hydroxylation is 1. The number of nitrogens with zero attached hydrogens (tertiary/aromatic N) is 3. The van der Waals surface area contributed by atoms with Crippen LogP contribution in [0.25, 0.3) is 16.9 Å². The first kappa shape index (κ1) is 14.1. The van der Waals surface area contributed by atoms with Crippen LogP contribution < -0.4 is 0 Å². The van der Waals surface area contributed by atoms with E-state index in [0.717, 1.165) is 31.8 Å². The van der Waals surface area contributed by atoms with Crippen LogP contribution in [0.2, 0.25) is 5.02 Å². The molecule has 1 aromatic carbocycles. The van der Waals surface area contributed by atoms with Gasteiger partial charge in [-0.3, -0.25) is 4.57 Å². The van der Waals surface area contributed by atoms with Crippen molar-refractivity contribution >= 4 is 57.0 Å². The number of fused-ring (bicyclic) bond motifs is 1. The van der Waals surface area contributed by atoms with Crippen molar-refractivity contribution in [2.24, 2.45) is 0 Å². The maximum Gasteiger partial charge on any atom is 0.165 e. The van der Waals surface area contributed by atoms with Crippen molar-refractivity contribution in [3.05, 3.63) is 50.4 Å². The summed E-state index contributed by atoms with van der Waals surface area (Å²) in [5.41, 5.74) is 3.56. The van der Waals surface area contributed by atoms with Gasteiger partial charge in [0.2, 0.25) is 0 Å². The zero-order valence-electron chi connectivity index (χ0n) is 10.6. The molecule has 0 saturated carbocycles. The van der Waals surface area contributed by atoms with Gasteiger partial charge in [0.05, 0.1) is 16.6 Å². The van der Waals surface area contributed by atoms with Gasteiger partial charge in [0.15, 0.2) is 5.65 Å². The van der Waals surface area contributed by atoms with Crippen LogP contribution in [0.4, 0.5) is 0 Å². The second kappa shape index (κ2) is 5.50. The molecule has 0 fully saturated rings. The predicted molar refractivity (Wildman–Crippen MR) is 90.9 cm³/mol. The van der Waals surface area contributed by atoms with Crippen molar-refractivity contribution < 1.29 is 0 Å². The molecular formula is C14H10Cl2IN3. The van der Waals surface area contributed by atoms with Crippen molar-refractivity contribution in [2.75, 3.05) is 0 Å². The Bertz CT molecular complexity index is 798. The quantitative estimate of drug-likeness (QED) is 0.446. The number of rotatable bonds is 2. The molecule has 2 aromatic heterocycles. The van der Waals surface area contributed by atoms with Crippen LogP contribution in [0.1, 0.15) is 11.4 Å². The molecule has 20 heavy (non-hydrogen) atoms. The third kappa shape index (κ3) is 2.29. The van der Waals surface area contributed by atoms with E-state index >= 15 is 0 Å². The van der Waals surface area contributed by atoms with Crippen LogP contribution in [-0.2, 0) is 5.88 Å². The highest BCUT2D eigenvalue weighted by Crippen LogP contribution is 2.28. The minimum absolute atomic E-state index is 0.304. The summed E-state index contributed by atoms with van der Waals surface area (Å²) < 4.78 is 3.01. The Morgan fingerprint density at radius 1 is 1.30 bits per heavy atom. The Morgan fingerprint density at radius 2 is 2.10 bits per heavy atom. The Labute approximate surface area is 140 Å². The maximum absolute atomic E-state index is 6.37. The third-order valence-corrected chi connectivity index (χ3v) is 4.30. The topological polar surface area (TPSA) is 30.7 Å². The Kier molecular flexibility index (Phi) is 3.88. The van der Waals surface area contributed by atoms with E-state index in [-0.39, 0.29) is 0 Å². The van der Waals surface area contributed by atoms with Crippen molar-refractivity contribution in [2.45, 2.75) is 12.8 Å². The number of halogens is 3. The lowest BCUT2D eigenvalue weighted by Gasteiger charge is -2.09. The fourth-order valence-electron chi connectivity index (χ4n) is 2.14. The molecule has 0 atom stereocenters. The third-order valence-electron chi connectivity index (χ3n) is 3.09. The number of benzene rings is 1. The van der Waals surface area contributed by atoms with E-state index in [1.54, 1.807) is 6.20 Å². The van der Waals surface area contributed by atoms with Gasteiger partial charge in [-0.15, -0.1) is 11.6 Å². The monoisotopic (exact) mass is 417 g/mol. The van der Waals surface area contributed by atoms with Crippen molar-refractivity contribution in [1.29, 1.82) is 0 Å². The normalized spacial score (nSPS) is 11.2. The van der Waals surface area contributed by atoms with Gasteiger partial charge in [0.1, 0.15) is 11.3 Å². The molecule has 0 spiro atoms. The zero-order chi connectivity index (χ0) is 14.3. The highest BCUT2D eigenvalue weighted by Gasteiger charge is 2.16. The minimum Gasteiger partial charge on any atom is -0.278 e. The number of alkyl halides is 1. The fraction of sp³-hybridized carbons (Fsp3) is 0.143. The standard InChI is InChI=1S/C14H10Cl2IN3/c1-8-4-5-18-14-13(8)19-12(7-15)20(14)11-3-2-9(17)6-10(11)16/h2-6H,7H2,1H3. The lowest BCUT2D eigenvalue weighted by Crippen LogP contribution is -2.01. The van der Waals surface area contributed by atoms with Crippen LogP contribution >= 0.6 is 45.8 Å². The summed E-state index contributed by atoms with van der Waals surface area (Å²) in [6.07, 6.45) is 1.77. The fourth-order valence-corrected chi connectivity index (χ4v) is 3.26. The van der Waals surface area contributed by atoms with Crippen molar-refractivity contribution in [3.8, 4) is 5.69 Å². The Hall–Kier alpha value is -0.850. The van der Waals surface area contributed by atoms with E-state index in [1.165, 1.54) is 0 Å². The summed E-state index contributed by atoms with van der Waals surface area (Å²) >= 11 is 14.6. The molecule has 0 unspecified atom stereocenters. The van der Waals surface area contributed by atoms with Gasteiger partial charge in [0.25, 0.3) is 0 Å². The molecule has 0 amide bonds. The largest absolute Gasteiger partial charge is 0.278 e. The van der Waals surface area contributed by atoms with Gasteiger partial charge >= 0.3 is 0 Å². The van der Waals surface area contributed by atoms with Crippen LogP contribution in [-0.4, -0.2) is 14.5 Å². The smallest absolute Gasteiger partial charge is 0.165 e. The first-order valence-corrected chi connectivity index (χ1v) is 7.95. The second-order valence-corrected chi connectivity index (χ2v) is 6.31. The molecule has 3 nitrogen and oxygen atoms in total. The highest BCUT2D eigenvalue weighted by atomic mass is 127. The van der Waals surface area contributed by atoms with Gasteiger partial charge in [-0.25, -0.2) is 9.97 Å². The maximum atomic E-state index is 6.37. The Morgan fingerprint density at radius 3 is 2.80 bits per heavy atom. The van der Waals surface area contributed by atoms with Gasteiger partial charge in [-0.1, -0.05) is 11.6 Å². The molecule has 0 saturated heterocycles. The molecule has 6 heteroatoms. The molecule has 3 aromatic rings. The molecule has 2 heterocycles. The first-order chi connectivity index (χ1) is 9.61. The van der Waals surface area contributed by atoms with E-state index in [1.807, 2.05) is 35.8 Å². The summed E-state index contributed by atoms with van der Waals surface area (Å²) in [4.78, 5) is 9.01. The highest BCUT2D eigenvalue weighted by molar-refractivity contribution is 14.1. The van der Waals surface area contributed by atoms with E-state index in [4.69, 9.17) is 23.2 Å². The summed E-state index contributed by atoms with van der Waals surface area (Å²) in [6.45, 7) is 2.01. The molecule has 0 radical (unpaired) electrons. The van der Waals surface area contributed by atoms with E-state index < -0.39 is 0 Å². The zero-order valence-corrected chi connectivity index (χ0v) is 14.2. The summed E-state index contributed by atoms with van der Waals surface area (Å²) in [7, 11) is 0. The predicted octanol–water partition coefficient (Wildman–Crippen LogP) is 4.73. The molecule has 0 aliphatic carbocycles. The van der Waals surface area contributed by atoms with Gasteiger partial charge in [-0.2, -0.15) is 0 Å². The number of aromatic nitrogens is 3. The lowest BCUT2D eigenvalue weighted by atomic mass is 10.2. The first-order valence-electron chi connectivity index (χ1n) is 5.96.